The van der Waals surface area contributed by atoms with Gasteiger partial charge in [-0.2, -0.15) is 5.26 Å². The molecule has 2 aromatic rings. The van der Waals surface area contributed by atoms with Crippen LogP contribution in [0.5, 0.6) is 11.5 Å². The van der Waals surface area contributed by atoms with Crippen LogP contribution in [0.2, 0.25) is 0 Å². The van der Waals surface area contributed by atoms with E-state index in [1.807, 2.05) is 30.3 Å². The topological polar surface area (TPSA) is 71.3 Å². The Hall–Kier alpha value is -3.00. The van der Waals surface area contributed by atoms with Gasteiger partial charge in [0.2, 0.25) is 5.91 Å². The molecule has 118 valence electrons. The molecule has 5 nitrogen and oxygen atoms in total. The molecule has 23 heavy (non-hydrogen) atoms. The molecule has 2 aromatic carbocycles. The average Bonchev–Trinajstić information content (AvgIpc) is 2.60. The van der Waals surface area contributed by atoms with E-state index in [0.717, 1.165) is 5.56 Å². The second-order valence-electron chi connectivity index (χ2n) is 4.89. The van der Waals surface area contributed by atoms with Crippen LogP contribution in [0.25, 0.3) is 0 Å². The van der Waals surface area contributed by atoms with Gasteiger partial charge in [0.05, 0.1) is 26.0 Å². The minimum absolute atomic E-state index is 0.279. The zero-order valence-electron chi connectivity index (χ0n) is 13.1. The SMILES string of the molecule is COc1ccccc1CC(C#N)C(=O)Nc1ccccc1OC. The van der Waals surface area contributed by atoms with Gasteiger partial charge < -0.3 is 14.8 Å². The number of nitrogens with zero attached hydrogens (tertiary/aromatic N) is 1. The largest absolute Gasteiger partial charge is 0.496 e. The first-order chi connectivity index (χ1) is 11.2. The Labute approximate surface area is 135 Å². The zero-order chi connectivity index (χ0) is 16.7. The quantitative estimate of drug-likeness (QED) is 0.890. The Morgan fingerprint density at radius 1 is 1.09 bits per heavy atom. The molecule has 0 aliphatic heterocycles. The molecule has 1 amide bonds. The monoisotopic (exact) mass is 310 g/mol. The molecular weight excluding hydrogens is 292 g/mol. The molecule has 1 atom stereocenters. The summed E-state index contributed by atoms with van der Waals surface area (Å²) in [5.74, 6) is 0.0202. The van der Waals surface area contributed by atoms with Crippen LogP contribution in [-0.4, -0.2) is 20.1 Å². The number of methoxy groups -OCH3 is 2. The second-order valence-corrected chi connectivity index (χ2v) is 4.89. The lowest BCUT2D eigenvalue weighted by molar-refractivity contribution is -0.118. The minimum Gasteiger partial charge on any atom is -0.496 e. The molecule has 0 radical (unpaired) electrons. The van der Waals surface area contributed by atoms with Gasteiger partial charge in [0.1, 0.15) is 17.4 Å². The fourth-order valence-electron chi connectivity index (χ4n) is 2.26. The number of nitrogens with one attached hydrogen (secondary N) is 1. The van der Waals surface area contributed by atoms with Gasteiger partial charge in [-0.25, -0.2) is 0 Å². The van der Waals surface area contributed by atoms with Crippen molar-refractivity contribution in [2.24, 2.45) is 5.92 Å². The molecular formula is C18H18N2O3. The molecule has 0 spiro atoms. The van der Waals surface area contributed by atoms with E-state index in [1.54, 1.807) is 25.3 Å². The number of nitriles is 1. The fourth-order valence-corrected chi connectivity index (χ4v) is 2.26. The van der Waals surface area contributed by atoms with E-state index in [4.69, 9.17) is 9.47 Å². The summed E-state index contributed by atoms with van der Waals surface area (Å²) in [4.78, 5) is 12.4. The lowest BCUT2D eigenvalue weighted by Gasteiger charge is -2.14. The summed E-state index contributed by atoms with van der Waals surface area (Å²) in [5, 5.41) is 12.1. The predicted molar refractivity (Wildman–Crippen MR) is 87.4 cm³/mol. The van der Waals surface area contributed by atoms with Crippen LogP contribution in [-0.2, 0) is 11.2 Å². The maximum atomic E-state index is 12.4. The van der Waals surface area contributed by atoms with Crippen molar-refractivity contribution in [2.45, 2.75) is 6.42 Å². The number of para-hydroxylation sites is 3. The van der Waals surface area contributed by atoms with Crippen molar-refractivity contribution < 1.29 is 14.3 Å². The second kappa shape index (κ2) is 7.85. The van der Waals surface area contributed by atoms with Gasteiger partial charge >= 0.3 is 0 Å². The maximum absolute atomic E-state index is 12.4. The number of hydrogen-bond acceptors (Lipinski definition) is 4. The van der Waals surface area contributed by atoms with Gasteiger partial charge in [0, 0.05) is 6.42 Å². The Bertz CT molecular complexity index is 722. The molecule has 0 saturated carbocycles. The van der Waals surface area contributed by atoms with Gasteiger partial charge in [-0.1, -0.05) is 30.3 Å². The molecule has 1 N–H and O–H groups in total. The number of carbonyl (C=O) groups excluding carboxylic acids is 1. The molecule has 2 rings (SSSR count). The Morgan fingerprint density at radius 3 is 2.35 bits per heavy atom. The number of hydrogen-bond donors (Lipinski definition) is 1. The van der Waals surface area contributed by atoms with Crippen molar-refractivity contribution >= 4 is 11.6 Å². The minimum atomic E-state index is -0.823. The first-order valence-corrected chi connectivity index (χ1v) is 7.15. The Balaban J connectivity index is 2.14. The third-order valence-electron chi connectivity index (χ3n) is 3.45. The molecule has 0 saturated heterocycles. The normalized spacial score (nSPS) is 11.2. The van der Waals surface area contributed by atoms with Crippen LogP contribution in [0.3, 0.4) is 0 Å². The van der Waals surface area contributed by atoms with E-state index in [-0.39, 0.29) is 12.3 Å². The van der Waals surface area contributed by atoms with Crippen LogP contribution >= 0.6 is 0 Å². The Morgan fingerprint density at radius 2 is 1.70 bits per heavy atom. The average molecular weight is 310 g/mol. The number of anilines is 1. The summed E-state index contributed by atoms with van der Waals surface area (Å²) < 4.78 is 10.5. The van der Waals surface area contributed by atoms with E-state index >= 15 is 0 Å². The van der Waals surface area contributed by atoms with Gasteiger partial charge in [0.25, 0.3) is 0 Å². The highest BCUT2D eigenvalue weighted by Crippen LogP contribution is 2.25. The number of rotatable bonds is 6. The molecule has 0 bridgehead atoms. The van der Waals surface area contributed by atoms with E-state index in [1.165, 1.54) is 7.11 Å². The van der Waals surface area contributed by atoms with Crippen molar-refractivity contribution in [1.29, 1.82) is 5.26 Å². The van der Waals surface area contributed by atoms with E-state index in [2.05, 4.69) is 11.4 Å². The number of benzene rings is 2. The highest BCUT2D eigenvalue weighted by molar-refractivity contribution is 5.95. The molecule has 0 heterocycles. The summed E-state index contributed by atoms with van der Waals surface area (Å²) in [6, 6.07) is 16.5. The number of amides is 1. The molecule has 0 fully saturated rings. The van der Waals surface area contributed by atoms with Crippen molar-refractivity contribution in [3.05, 3.63) is 54.1 Å². The number of ether oxygens (including phenoxy) is 2. The maximum Gasteiger partial charge on any atom is 0.242 e. The number of carbonyl (C=O) groups is 1. The molecule has 0 aliphatic carbocycles. The Kier molecular flexibility index (Phi) is 5.59. The van der Waals surface area contributed by atoms with Crippen LogP contribution in [0.4, 0.5) is 5.69 Å². The highest BCUT2D eigenvalue weighted by Gasteiger charge is 2.21. The predicted octanol–water partition coefficient (Wildman–Crippen LogP) is 3.02. The lowest BCUT2D eigenvalue weighted by Crippen LogP contribution is -2.23. The molecule has 1 unspecified atom stereocenters. The van der Waals surface area contributed by atoms with Crippen LogP contribution in [0, 0.1) is 17.2 Å². The van der Waals surface area contributed by atoms with E-state index < -0.39 is 5.92 Å². The summed E-state index contributed by atoms with van der Waals surface area (Å²) in [6.07, 6.45) is 0.279. The molecule has 5 heteroatoms. The molecule has 0 aromatic heterocycles. The third-order valence-corrected chi connectivity index (χ3v) is 3.45. The van der Waals surface area contributed by atoms with Crippen LogP contribution in [0.1, 0.15) is 5.56 Å². The van der Waals surface area contributed by atoms with Crippen molar-refractivity contribution in [2.75, 3.05) is 19.5 Å². The van der Waals surface area contributed by atoms with Gasteiger partial charge in [0.15, 0.2) is 0 Å². The molecule has 0 aliphatic rings. The van der Waals surface area contributed by atoms with Crippen molar-refractivity contribution in [1.82, 2.24) is 0 Å². The zero-order valence-corrected chi connectivity index (χ0v) is 13.1. The summed E-state index contributed by atoms with van der Waals surface area (Å²) in [5.41, 5.74) is 1.36. The summed E-state index contributed by atoms with van der Waals surface area (Å²) in [6.45, 7) is 0. The third kappa shape index (κ3) is 4.01. The summed E-state index contributed by atoms with van der Waals surface area (Å²) >= 11 is 0. The van der Waals surface area contributed by atoms with Crippen molar-refractivity contribution in [3.63, 3.8) is 0 Å². The smallest absolute Gasteiger partial charge is 0.242 e. The lowest BCUT2D eigenvalue weighted by atomic mass is 9.99. The van der Waals surface area contributed by atoms with Crippen molar-refractivity contribution in [3.8, 4) is 17.6 Å². The van der Waals surface area contributed by atoms with E-state index in [0.29, 0.717) is 17.2 Å². The van der Waals surface area contributed by atoms with Gasteiger partial charge in [-0.15, -0.1) is 0 Å². The first kappa shape index (κ1) is 16.4. The fraction of sp³-hybridized carbons (Fsp3) is 0.222. The van der Waals surface area contributed by atoms with Crippen LogP contribution < -0.4 is 14.8 Å². The van der Waals surface area contributed by atoms with Crippen LogP contribution in [0.15, 0.2) is 48.5 Å². The van der Waals surface area contributed by atoms with Gasteiger partial charge in [-0.05, 0) is 23.8 Å². The summed E-state index contributed by atoms with van der Waals surface area (Å²) in [7, 11) is 3.09. The highest BCUT2D eigenvalue weighted by atomic mass is 16.5. The first-order valence-electron chi connectivity index (χ1n) is 7.15. The van der Waals surface area contributed by atoms with Gasteiger partial charge in [-0.3, -0.25) is 4.79 Å². The van der Waals surface area contributed by atoms with E-state index in [9.17, 15) is 10.1 Å². The standard InChI is InChI=1S/C18H18N2O3/c1-22-16-9-5-3-7-13(16)11-14(12-19)18(21)20-15-8-4-6-10-17(15)23-2/h3-10,14H,11H2,1-2H3,(H,20,21).